The van der Waals surface area contributed by atoms with Crippen LogP contribution < -0.4 is 11.1 Å². The molecule has 2 saturated heterocycles. The first kappa shape index (κ1) is 25.2. The fraction of sp³-hybridized carbons (Fsp3) is 0.667. The van der Waals surface area contributed by atoms with Crippen LogP contribution in [-0.4, -0.2) is 42.6 Å². The molecule has 2 aliphatic heterocycles. The van der Waals surface area contributed by atoms with E-state index >= 15 is 0 Å². The maximum atomic E-state index is 12.4. The highest BCUT2D eigenvalue weighted by molar-refractivity contribution is 5.85. The molecule has 2 aliphatic rings. The van der Waals surface area contributed by atoms with Gasteiger partial charge >= 0.3 is 0 Å². The number of hydrogen-bond acceptors (Lipinski definition) is 4. The van der Waals surface area contributed by atoms with Crippen molar-refractivity contribution in [2.45, 2.75) is 58.4 Å². The number of likely N-dealkylation sites (tertiary alicyclic amines) is 1. The van der Waals surface area contributed by atoms with Gasteiger partial charge in [-0.2, -0.15) is 0 Å². The Morgan fingerprint density at radius 1 is 1.14 bits per heavy atom. The Balaban J connectivity index is 0.00000196. The summed E-state index contributed by atoms with van der Waals surface area (Å²) in [6.07, 6.45) is 2.63. The molecule has 7 heteroatoms. The number of carbonyl (C=O) groups is 1. The van der Waals surface area contributed by atoms with Crippen molar-refractivity contribution < 1.29 is 9.53 Å². The van der Waals surface area contributed by atoms with Gasteiger partial charge in [0.25, 0.3) is 0 Å². The van der Waals surface area contributed by atoms with E-state index in [1.54, 1.807) is 0 Å². The molecule has 1 amide bonds. The number of nitrogens with zero attached hydrogens (tertiary/aromatic N) is 1. The fourth-order valence-corrected chi connectivity index (χ4v) is 4.41. The van der Waals surface area contributed by atoms with E-state index < -0.39 is 0 Å². The highest BCUT2D eigenvalue weighted by atomic mass is 35.5. The van der Waals surface area contributed by atoms with Gasteiger partial charge in [-0.05, 0) is 42.2 Å². The molecule has 3 N–H and O–H groups in total. The Labute approximate surface area is 181 Å². The van der Waals surface area contributed by atoms with E-state index in [9.17, 15) is 4.79 Å². The van der Waals surface area contributed by atoms with Gasteiger partial charge in [0.1, 0.15) is 6.10 Å². The number of rotatable bonds is 6. The lowest BCUT2D eigenvalue weighted by Crippen LogP contribution is -2.38. The molecule has 1 aromatic rings. The monoisotopic (exact) mass is 431 g/mol. The Morgan fingerprint density at radius 3 is 2.39 bits per heavy atom. The van der Waals surface area contributed by atoms with E-state index in [-0.39, 0.29) is 42.9 Å². The standard InChI is InChI=1S/C21H33N3O2.2ClH/c1-15-9-16(2)13-24(12-15)14-18-6-4-3-5-17(18)11-23-21(25)20-8-7-19(10-22)26-20;;/h3-6,15-16,19-20H,7-14,22H2,1-2H3,(H,23,25);2*1H/t15?,16?,19-,20+;;/m1../s1. The lowest BCUT2D eigenvalue weighted by atomic mass is 9.91. The van der Waals surface area contributed by atoms with Crippen molar-refractivity contribution in [3.63, 3.8) is 0 Å². The van der Waals surface area contributed by atoms with Gasteiger partial charge < -0.3 is 15.8 Å². The molecule has 3 rings (SSSR count). The number of nitrogens with one attached hydrogen (secondary N) is 1. The molecule has 160 valence electrons. The zero-order chi connectivity index (χ0) is 18.5. The maximum Gasteiger partial charge on any atom is 0.249 e. The summed E-state index contributed by atoms with van der Waals surface area (Å²) < 4.78 is 5.69. The minimum absolute atomic E-state index is 0. The van der Waals surface area contributed by atoms with Crippen LogP contribution in [0.15, 0.2) is 24.3 Å². The Hall–Kier alpha value is -0.850. The van der Waals surface area contributed by atoms with Crippen LogP contribution in [0.3, 0.4) is 0 Å². The summed E-state index contributed by atoms with van der Waals surface area (Å²) in [5.74, 6) is 1.48. The van der Waals surface area contributed by atoms with Gasteiger partial charge in [0, 0.05) is 32.7 Å². The zero-order valence-corrected chi connectivity index (χ0v) is 18.6. The first-order valence-electron chi connectivity index (χ1n) is 9.97. The number of hydrogen-bond donors (Lipinski definition) is 2. The zero-order valence-electron chi connectivity index (χ0n) is 16.9. The molecule has 0 spiro atoms. The number of nitrogens with two attached hydrogens (primary N) is 1. The summed E-state index contributed by atoms with van der Waals surface area (Å²) in [5, 5.41) is 3.06. The van der Waals surface area contributed by atoms with Crippen molar-refractivity contribution in [2.75, 3.05) is 19.6 Å². The van der Waals surface area contributed by atoms with Gasteiger partial charge in [0.2, 0.25) is 5.91 Å². The van der Waals surface area contributed by atoms with Crippen LogP contribution in [0.5, 0.6) is 0 Å². The average Bonchev–Trinajstić information content (AvgIpc) is 3.09. The van der Waals surface area contributed by atoms with E-state index in [1.165, 1.54) is 17.5 Å². The molecule has 0 radical (unpaired) electrons. The number of ether oxygens (including phenoxy) is 1. The molecule has 0 bridgehead atoms. The second-order valence-corrected chi connectivity index (χ2v) is 8.19. The summed E-state index contributed by atoms with van der Waals surface area (Å²) >= 11 is 0. The smallest absolute Gasteiger partial charge is 0.249 e. The van der Waals surface area contributed by atoms with Crippen LogP contribution in [0.2, 0.25) is 0 Å². The minimum atomic E-state index is -0.348. The minimum Gasteiger partial charge on any atom is -0.364 e. The molecule has 2 heterocycles. The van der Waals surface area contributed by atoms with Gasteiger partial charge in [0.15, 0.2) is 0 Å². The molecular formula is C21H35Cl2N3O2. The first-order valence-corrected chi connectivity index (χ1v) is 9.97. The van der Waals surface area contributed by atoms with Crippen molar-refractivity contribution in [3.8, 4) is 0 Å². The van der Waals surface area contributed by atoms with Crippen LogP contribution >= 0.6 is 24.8 Å². The fourth-order valence-electron chi connectivity index (χ4n) is 4.41. The molecule has 2 unspecified atom stereocenters. The number of carbonyl (C=O) groups excluding carboxylic acids is 1. The molecule has 28 heavy (non-hydrogen) atoms. The molecule has 0 aromatic heterocycles. The molecule has 0 aliphatic carbocycles. The van der Waals surface area contributed by atoms with E-state index in [2.05, 4.69) is 42.3 Å². The summed E-state index contributed by atoms with van der Waals surface area (Å²) in [7, 11) is 0. The quantitative estimate of drug-likeness (QED) is 0.725. The van der Waals surface area contributed by atoms with E-state index in [4.69, 9.17) is 10.5 Å². The number of piperidine rings is 1. The van der Waals surface area contributed by atoms with Crippen molar-refractivity contribution in [1.82, 2.24) is 10.2 Å². The first-order chi connectivity index (χ1) is 12.5. The topological polar surface area (TPSA) is 67.6 Å². The lowest BCUT2D eigenvalue weighted by Gasteiger charge is -2.35. The highest BCUT2D eigenvalue weighted by Gasteiger charge is 2.29. The van der Waals surface area contributed by atoms with Crippen LogP contribution in [0.1, 0.15) is 44.2 Å². The van der Waals surface area contributed by atoms with Crippen molar-refractivity contribution in [2.24, 2.45) is 17.6 Å². The molecule has 5 nitrogen and oxygen atoms in total. The van der Waals surface area contributed by atoms with E-state index in [0.717, 1.165) is 44.3 Å². The predicted octanol–water partition coefficient (Wildman–Crippen LogP) is 3.13. The average molecular weight is 432 g/mol. The SMILES string of the molecule is CC1CC(C)CN(Cc2ccccc2CNC(=O)[C@@H]2CC[C@H](CN)O2)C1.Cl.Cl. The van der Waals surface area contributed by atoms with Crippen LogP contribution in [0.4, 0.5) is 0 Å². The molecule has 2 fully saturated rings. The summed E-state index contributed by atoms with van der Waals surface area (Å²) in [6.45, 7) is 8.98. The lowest BCUT2D eigenvalue weighted by molar-refractivity contribution is -0.132. The molecule has 4 atom stereocenters. The molecule has 0 saturated carbocycles. The maximum absolute atomic E-state index is 12.4. The van der Waals surface area contributed by atoms with Crippen LogP contribution in [-0.2, 0) is 22.6 Å². The molecular weight excluding hydrogens is 397 g/mol. The Morgan fingerprint density at radius 2 is 1.79 bits per heavy atom. The van der Waals surface area contributed by atoms with Gasteiger partial charge in [-0.3, -0.25) is 9.69 Å². The van der Waals surface area contributed by atoms with Gasteiger partial charge in [-0.15, -0.1) is 24.8 Å². The third-order valence-electron chi connectivity index (χ3n) is 5.57. The van der Waals surface area contributed by atoms with Gasteiger partial charge in [0.05, 0.1) is 6.10 Å². The van der Waals surface area contributed by atoms with Crippen molar-refractivity contribution in [1.29, 1.82) is 0 Å². The Kier molecular flexibility index (Phi) is 10.8. The highest BCUT2D eigenvalue weighted by Crippen LogP contribution is 2.23. The van der Waals surface area contributed by atoms with Crippen LogP contribution in [0.25, 0.3) is 0 Å². The van der Waals surface area contributed by atoms with E-state index in [1.807, 2.05) is 6.07 Å². The summed E-state index contributed by atoms with van der Waals surface area (Å²) in [4.78, 5) is 14.9. The summed E-state index contributed by atoms with van der Waals surface area (Å²) in [5.41, 5.74) is 8.13. The number of halogens is 2. The predicted molar refractivity (Wildman–Crippen MR) is 118 cm³/mol. The third kappa shape index (κ3) is 6.89. The second kappa shape index (κ2) is 12.0. The van der Waals surface area contributed by atoms with Crippen LogP contribution in [0, 0.1) is 11.8 Å². The third-order valence-corrected chi connectivity index (χ3v) is 5.57. The van der Waals surface area contributed by atoms with Gasteiger partial charge in [-0.1, -0.05) is 38.1 Å². The summed E-state index contributed by atoms with van der Waals surface area (Å²) in [6, 6.07) is 8.43. The number of benzene rings is 1. The van der Waals surface area contributed by atoms with Gasteiger partial charge in [-0.25, -0.2) is 0 Å². The largest absolute Gasteiger partial charge is 0.364 e. The Bertz CT molecular complexity index is 607. The van der Waals surface area contributed by atoms with Crippen molar-refractivity contribution in [3.05, 3.63) is 35.4 Å². The second-order valence-electron chi connectivity index (χ2n) is 8.19. The molecule has 1 aromatic carbocycles. The van der Waals surface area contributed by atoms with Crippen molar-refractivity contribution >= 4 is 30.7 Å². The normalized spacial score (nSPS) is 27.5. The van der Waals surface area contributed by atoms with E-state index in [0.29, 0.717) is 13.1 Å². The number of amides is 1.